The number of carbonyl (C=O) groups excluding carboxylic acids is 1. The van der Waals surface area contributed by atoms with E-state index in [9.17, 15) is 4.79 Å². The van der Waals surface area contributed by atoms with Crippen LogP contribution in [0.3, 0.4) is 0 Å². The quantitative estimate of drug-likeness (QED) is 0.667. The van der Waals surface area contributed by atoms with E-state index in [4.69, 9.17) is 11.6 Å². The van der Waals surface area contributed by atoms with E-state index in [1.165, 1.54) is 0 Å². The number of hydrogen-bond acceptors (Lipinski definition) is 2. The van der Waals surface area contributed by atoms with Crippen LogP contribution in [0.5, 0.6) is 0 Å². The molecule has 0 radical (unpaired) electrons. The molecule has 4 nitrogen and oxygen atoms in total. The molecule has 0 saturated carbocycles. The van der Waals surface area contributed by atoms with E-state index in [1.807, 2.05) is 29.2 Å². The zero-order valence-electron chi connectivity index (χ0n) is 13.0. The molecule has 0 N–H and O–H groups in total. The Kier molecular flexibility index (Phi) is 3.82. The summed E-state index contributed by atoms with van der Waals surface area (Å²) in [6, 6.07) is 17.5. The highest BCUT2D eigenvalue weighted by atomic mass is 35.5. The van der Waals surface area contributed by atoms with Crippen LogP contribution in [0.15, 0.2) is 67.0 Å². The predicted octanol–water partition coefficient (Wildman–Crippen LogP) is 3.78. The van der Waals surface area contributed by atoms with Gasteiger partial charge in [-0.1, -0.05) is 41.9 Å². The average molecular weight is 338 g/mol. The van der Waals surface area contributed by atoms with E-state index in [-0.39, 0.29) is 11.9 Å². The van der Waals surface area contributed by atoms with Crippen molar-refractivity contribution in [3.63, 3.8) is 0 Å². The Bertz CT molecular complexity index is 875. The largest absolute Gasteiger partial charge is 0.348 e. The van der Waals surface area contributed by atoms with Crippen LogP contribution in [0.1, 0.15) is 27.7 Å². The lowest BCUT2D eigenvalue weighted by molar-refractivity contribution is 0.0664. The van der Waals surface area contributed by atoms with Crippen molar-refractivity contribution in [2.45, 2.75) is 12.6 Å². The number of fused-ring (bicyclic) bond motifs is 1. The third kappa shape index (κ3) is 2.59. The van der Waals surface area contributed by atoms with Gasteiger partial charge in [0.05, 0.1) is 6.04 Å². The molecule has 1 aromatic carbocycles. The summed E-state index contributed by atoms with van der Waals surface area (Å²) in [6.07, 6.45) is 3.64. The fourth-order valence-corrected chi connectivity index (χ4v) is 3.46. The molecule has 1 atom stereocenters. The Labute approximate surface area is 145 Å². The van der Waals surface area contributed by atoms with Crippen LogP contribution in [-0.4, -0.2) is 26.9 Å². The number of halogens is 1. The van der Waals surface area contributed by atoms with Gasteiger partial charge in [-0.2, -0.15) is 0 Å². The average Bonchev–Trinajstić information content (AvgIpc) is 3.09. The Morgan fingerprint density at radius 3 is 2.71 bits per heavy atom. The van der Waals surface area contributed by atoms with Gasteiger partial charge in [-0.15, -0.1) is 0 Å². The second-order valence-electron chi connectivity index (χ2n) is 5.81. The van der Waals surface area contributed by atoms with Crippen LogP contribution in [0.4, 0.5) is 0 Å². The standard InChI is InChI=1S/C19H16ClN3O/c20-17-13-15(8-9-21-17)19(24)23-12-11-22-10-4-7-16(22)18(23)14-5-2-1-3-6-14/h1-10,13,18H,11-12H2. The van der Waals surface area contributed by atoms with Gasteiger partial charge in [-0.05, 0) is 29.8 Å². The molecule has 3 heterocycles. The van der Waals surface area contributed by atoms with Crippen LogP contribution >= 0.6 is 11.6 Å². The Morgan fingerprint density at radius 1 is 1.08 bits per heavy atom. The fourth-order valence-electron chi connectivity index (χ4n) is 3.29. The predicted molar refractivity (Wildman–Crippen MR) is 93.0 cm³/mol. The summed E-state index contributed by atoms with van der Waals surface area (Å²) in [5.41, 5.74) is 2.79. The molecule has 5 heteroatoms. The maximum absolute atomic E-state index is 13.1. The number of nitrogens with zero attached hydrogens (tertiary/aromatic N) is 3. The van der Waals surface area contributed by atoms with Crippen molar-refractivity contribution < 1.29 is 4.79 Å². The first-order valence-electron chi connectivity index (χ1n) is 7.86. The van der Waals surface area contributed by atoms with Crippen LogP contribution in [0, 0.1) is 0 Å². The van der Waals surface area contributed by atoms with Gasteiger partial charge in [-0.25, -0.2) is 4.98 Å². The van der Waals surface area contributed by atoms with Crippen LogP contribution < -0.4 is 0 Å². The normalized spacial score (nSPS) is 16.7. The highest BCUT2D eigenvalue weighted by molar-refractivity contribution is 6.29. The van der Waals surface area contributed by atoms with Crippen LogP contribution in [-0.2, 0) is 6.54 Å². The molecule has 1 unspecified atom stereocenters. The molecule has 0 aliphatic carbocycles. The summed E-state index contributed by atoms with van der Waals surface area (Å²) < 4.78 is 2.21. The molecule has 0 spiro atoms. The van der Waals surface area contributed by atoms with E-state index < -0.39 is 0 Å². The van der Waals surface area contributed by atoms with Crippen molar-refractivity contribution >= 4 is 17.5 Å². The smallest absolute Gasteiger partial charge is 0.254 e. The molecular weight excluding hydrogens is 322 g/mol. The van der Waals surface area contributed by atoms with Crippen molar-refractivity contribution in [1.82, 2.24) is 14.5 Å². The van der Waals surface area contributed by atoms with E-state index in [2.05, 4.69) is 33.9 Å². The first-order chi connectivity index (χ1) is 11.7. The Balaban J connectivity index is 1.78. The summed E-state index contributed by atoms with van der Waals surface area (Å²) in [5.74, 6) is -0.0272. The molecule has 2 aromatic heterocycles. The van der Waals surface area contributed by atoms with Crippen molar-refractivity contribution in [2.24, 2.45) is 0 Å². The number of hydrogen-bond donors (Lipinski definition) is 0. The van der Waals surface area contributed by atoms with E-state index >= 15 is 0 Å². The number of benzene rings is 1. The van der Waals surface area contributed by atoms with Gasteiger partial charge in [0.2, 0.25) is 0 Å². The molecule has 1 aliphatic heterocycles. The van der Waals surface area contributed by atoms with E-state index in [0.29, 0.717) is 17.3 Å². The summed E-state index contributed by atoms with van der Waals surface area (Å²) in [7, 11) is 0. The minimum Gasteiger partial charge on any atom is -0.348 e. The lowest BCUT2D eigenvalue weighted by Gasteiger charge is -2.37. The van der Waals surface area contributed by atoms with Gasteiger partial charge in [0.15, 0.2) is 0 Å². The number of rotatable bonds is 2. The summed E-state index contributed by atoms with van der Waals surface area (Å²) >= 11 is 5.96. The molecule has 120 valence electrons. The van der Waals surface area contributed by atoms with Gasteiger partial charge in [0.25, 0.3) is 5.91 Å². The molecule has 1 amide bonds. The monoisotopic (exact) mass is 337 g/mol. The van der Waals surface area contributed by atoms with Crippen molar-refractivity contribution in [3.8, 4) is 0 Å². The van der Waals surface area contributed by atoms with Gasteiger partial charge in [-0.3, -0.25) is 4.79 Å². The third-order valence-corrected chi connectivity index (χ3v) is 4.59. The van der Waals surface area contributed by atoms with Crippen molar-refractivity contribution in [2.75, 3.05) is 6.54 Å². The lowest BCUT2D eigenvalue weighted by atomic mass is 9.99. The number of pyridine rings is 1. The van der Waals surface area contributed by atoms with Crippen LogP contribution in [0.25, 0.3) is 0 Å². The molecule has 0 fully saturated rings. The molecule has 0 bridgehead atoms. The van der Waals surface area contributed by atoms with E-state index in [1.54, 1.807) is 18.3 Å². The van der Waals surface area contributed by atoms with Crippen molar-refractivity contribution in [1.29, 1.82) is 0 Å². The van der Waals surface area contributed by atoms with Gasteiger partial charge < -0.3 is 9.47 Å². The Hall–Kier alpha value is -2.59. The maximum Gasteiger partial charge on any atom is 0.254 e. The summed E-state index contributed by atoms with van der Waals surface area (Å²) in [5, 5.41) is 0.331. The molecule has 1 aliphatic rings. The van der Waals surface area contributed by atoms with E-state index in [0.717, 1.165) is 17.8 Å². The second-order valence-corrected chi connectivity index (χ2v) is 6.19. The van der Waals surface area contributed by atoms with Crippen molar-refractivity contribution in [3.05, 3.63) is 89.0 Å². The maximum atomic E-state index is 13.1. The molecule has 3 aromatic rings. The highest BCUT2D eigenvalue weighted by Gasteiger charge is 2.32. The summed E-state index contributed by atoms with van der Waals surface area (Å²) in [6.45, 7) is 1.44. The SMILES string of the molecule is O=C(c1ccnc(Cl)c1)N1CCn2cccc2C1c1ccccc1. The number of amides is 1. The molecule has 0 saturated heterocycles. The molecule has 24 heavy (non-hydrogen) atoms. The van der Waals surface area contributed by atoms with Gasteiger partial charge in [0, 0.05) is 36.7 Å². The first kappa shape index (κ1) is 15.0. The summed E-state index contributed by atoms with van der Waals surface area (Å²) in [4.78, 5) is 19.0. The zero-order valence-corrected chi connectivity index (χ0v) is 13.7. The second kappa shape index (κ2) is 6.13. The minimum atomic E-state index is -0.102. The third-order valence-electron chi connectivity index (χ3n) is 4.39. The first-order valence-corrected chi connectivity index (χ1v) is 8.24. The highest BCUT2D eigenvalue weighted by Crippen LogP contribution is 2.33. The number of aromatic nitrogens is 2. The molecule has 4 rings (SSSR count). The van der Waals surface area contributed by atoms with Crippen LogP contribution in [0.2, 0.25) is 5.15 Å². The molecular formula is C19H16ClN3O. The van der Waals surface area contributed by atoms with Gasteiger partial charge >= 0.3 is 0 Å². The zero-order chi connectivity index (χ0) is 16.5. The Morgan fingerprint density at radius 2 is 1.92 bits per heavy atom. The topological polar surface area (TPSA) is 38.1 Å². The number of carbonyl (C=O) groups is 1. The fraction of sp³-hybridized carbons (Fsp3) is 0.158. The lowest BCUT2D eigenvalue weighted by Crippen LogP contribution is -2.42. The minimum absolute atomic E-state index is 0.0272. The van der Waals surface area contributed by atoms with Gasteiger partial charge in [0.1, 0.15) is 5.15 Å².